The van der Waals surface area contributed by atoms with Gasteiger partial charge < -0.3 is 15.2 Å². The Morgan fingerprint density at radius 3 is 2.96 bits per heavy atom. The zero-order valence-electron chi connectivity index (χ0n) is 13.7. The first-order valence-corrected chi connectivity index (χ1v) is 7.93. The van der Waals surface area contributed by atoms with Gasteiger partial charge in [-0.3, -0.25) is 14.9 Å². The van der Waals surface area contributed by atoms with Gasteiger partial charge in [0.2, 0.25) is 0 Å². The van der Waals surface area contributed by atoms with E-state index in [1.165, 1.54) is 25.1 Å². The van der Waals surface area contributed by atoms with E-state index in [4.69, 9.17) is 4.74 Å². The summed E-state index contributed by atoms with van der Waals surface area (Å²) >= 11 is 0. The Morgan fingerprint density at radius 1 is 1.40 bits per heavy atom. The number of hydrogen-bond donors (Lipinski definition) is 2. The van der Waals surface area contributed by atoms with E-state index < -0.39 is 16.9 Å². The fourth-order valence-corrected chi connectivity index (χ4v) is 2.88. The number of nitro groups is 1. The molecular formula is C18H18N2O5. The first-order chi connectivity index (χ1) is 12.0. The quantitative estimate of drug-likeness (QED) is 0.641. The number of carbonyl (C=O) groups excluding carboxylic acids is 1. The molecule has 7 heteroatoms. The van der Waals surface area contributed by atoms with Gasteiger partial charge in [-0.25, -0.2) is 0 Å². The highest BCUT2D eigenvalue weighted by Gasteiger charge is 2.19. The molecule has 0 radical (unpaired) electrons. The summed E-state index contributed by atoms with van der Waals surface area (Å²) in [5.41, 5.74) is 2.16. The molecule has 0 saturated heterocycles. The number of carbonyl (C=O) groups is 1. The molecule has 130 valence electrons. The predicted octanol–water partition coefficient (Wildman–Crippen LogP) is 2.30. The Balaban J connectivity index is 1.68. The van der Waals surface area contributed by atoms with Gasteiger partial charge in [-0.2, -0.15) is 0 Å². The summed E-state index contributed by atoms with van der Waals surface area (Å²) in [6.07, 6.45) is -0.0661. The van der Waals surface area contributed by atoms with E-state index in [0.29, 0.717) is 17.7 Å². The summed E-state index contributed by atoms with van der Waals surface area (Å²) < 4.78 is 5.43. The van der Waals surface area contributed by atoms with E-state index in [0.717, 1.165) is 17.7 Å². The topological polar surface area (TPSA) is 102 Å². The van der Waals surface area contributed by atoms with Gasteiger partial charge in [-0.1, -0.05) is 12.1 Å². The van der Waals surface area contributed by atoms with Gasteiger partial charge in [0.25, 0.3) is 11.6 Å². The number of benzene rings is 2. The molecule has 7 nitrogen and oxygen atoms in total. The lowest BCUT2D eigenvalue weighted by Gasteiger charge is -2.14. The number of aliphatic hydroxyl groups is 1. The number of nitro benzene ring substituents is 1. The largest absolute Gasteiger partial charge is 0.493 e. The normalized spacial score (nSPS) is 13.7. The number of ether oxygens (including phenoxy) is 1. The second-order valence-electron chi connectivity index (χ2n) is 5.90. The Bertz CT molecular complexity index is 834. The second kappa shape index (κ2) is 6.90. The minimum Gasteiger partial charge on any atom is -0.493 e. The SMILES string of the molecule is Cc1c(C(=O)NCC(O)c2ccc3c(c2)CCO3)cccc1[N+](=O)[O-]. The van der Waals surface area contributed by atoms with Crippen molar-refractivity contribution in [2.45, 2.75) is 19.4 Å². The van der Waals surface area contributed by atoms with E-state index >= 15 is 0 Å². The van der Waals surface area contributed by atoms with E-state index in [1.807, 2.05) is 12.1 Å². The lowest BCUT2D eigenvalue weighted by Crippen LogP contribution is -2.29. The number of fused-ring (bicyclic) bond motifs is 1. The van der Waals surface area contributed by atoms with Gasteiger partial charge >= 0.3 is 0 Å². The summed E-state index contributed by atoms with van der Waals surface area (Å²) in [7, 11) is 0. The molecule has 3 rings (SSSR count). The lowest BCUT2D eigenvalue weighted by atomic mass is 10.0. The van der Waals surface area contributed by atoms with E-state index in [2.05, 4.69) is 5.32 Å². The first-order valence-electron chi connectivity index (χ1n) is 7.93. The van der Waals surface area contributed by atoms with Crippen LogP contribution < -0.4 is 10.1 Å². The Morgan fingerprint density at radius 2 is 2.20 bits per heavy atom. The zero-order valence-corrected chi connectivity index (χ0v) is 13.7. The molecule has 0 saturated carbocycles. The molecule has 0 aliphatic carbocycles. The van der Waals surface area contributed by atoms with E-state index in [-0.39, 0.29) is 17.8 Å². The van der Waals surface area contributed by atoms with Gasteiger partial charge in [0, 0.05) is 30.2 Å². The van der Waals surface area contributed by atoms with Crippen molar-refractivity contribution in [3.05, 3.63) is 68.8 Å². The molecule has 2 aromatic carbocycles. The van der Waals surface area contributed by atoms with Gasteiger partial charge in [-0.05, 0) is 36.2 Å². The number of nitrogens with one attached hydrogen (secondary N) is 1. The van der Waals surface area contributed by atoms with Crippen molar-refractivity contribution in [3.8, 4) is 5.75 Å². The van der Waals surface area contributed by atoms with Crippen LogP contribution in [0.1, 0.15) is 33.2 Å². The van der Waals surface area contributed by atoms with Gasteiger partial charge in [0.05, 0.1) is 17.6 Å². The maximum Gasteiger partial charge on any atom is 0.273 e. The summed E-state index contributed by atoms with van der Waals surface area (Å²) in [5, 5.41) is 23.9. The summed E-state index contributed by atoms with van der Waals surface area (Å²) in [6.45, 7) is 2.18. The number of hydrogen-bond acceptors (Lipinski definition) is 5. The van der Waals surface area contributed by atoms with Crippen LogP contribution >= 0.6 is 0 Å². The van der Waals surface area contributed by atoms with Crippen molar-refractivity contribution in [1.82, 2.24) is 5.32 Å². The fraction of sp³-hybridized carbons (Fsp3) is 0.278. The fourth-order valence-electron chi connectivity index (χ4n) is 2.88. The number of rotatable bonds is 5. The van der Waals surface area contributed by atoms with E-state index in [9.17, 15) is 20.0 Å². The minimum atomic E-state index is -0.867. The van der Waals surface area contributed by atoms with Crippen LogP contribution in [0.5, 0.6) is 5.75 Å². The molecule has 1 amide bonds. The monoisotopic (exact) mass is 342 g/mol. The smallest absolute Gasteiger partial charge is 0.273 e. The third kappa shape index (κ3) is 3.46. The molecule has 0 bridgehead atoms. The predicted molar refractivity (Wildman–Crippen MR) is 90.8 cm³/mol. The standard InChI is InChI=1S/C18H18N2O5/c1-11-14(3-2-4-15(11)20(23)24)18(22)19-10-16(21)12-5-6-17-13(9-12)7-8-25-17/h2-6,9,16,21H,7-8,10H2,1H3,(H,19,22). The van der Waals surface area contributed by atoms with Crippen LogP contribution in [0, 0.1) is 17.0 Å². The van der Waals surface area contributed by atoms with Crippen molar-refractivity contribution >= 4 is 11.6 Å². The molecule has 0 fully saturated rings. The highest BCUT2D eigenvalue weighted by atomic mass is 16.6. The molecule has 25 heavy (non-hydrogen) atoms. The van der Waals surface area contributed by atoms with Gasteiger partial charge in [0.15, 0.2) is 0 Å². The third-order valence-electron chi connectivity index (χ3n) is 4.30. The van der Waals surface area contributed by atoms with Crippen LogP contribution in [0.2, 0.25) is 0 Å². The Kier molecular flexibility index (Phi) is 4.67. The third-order valence-corrected chi connectivity index (χ3v) is 4.30. The Labute approximate surface area is 144 Å². The van der Waals surface area contributed by atoms with Gasteiger partial charge in [-0.15, -0.1) is 0 Å². The molecular weight excluding hydrogens is 324 g/mol. The lowest BCUT2D eigenvalue weighted by molar-refractivity contribution is -0.385. The van der Waals surface area contributed by atoms with Crippen molar-refractivity contribution in [2.24, 2.45) is 0 Å². The van der Waals surface area contributed by atoms with Crippen molar-refractivity contribution in [3.63, 3.8) is 0 Å². The molecule has 1 aliphatic heterocycles. The van der Waals surface area contributed by atoms with Crippen LogP contribution in [0.15, 0.2) is 36.4 Å². The number of amides is 1. The molecule has 2 N–H and O–H groups in total. The van der Waals surface area contributed by atoms with E-state index in [1.54, 1.807) is 6.07 Å². The van der Waals surface area contributed by atoms with Crippen molar-refractivity contribution < 1.29 is 19.6 Å². The molecule has 1 aliphatic rings. The highest BCUT2D eigenvalue weighted by molar-refractivity contribution is 5.96. The van der Waals surface area contributed by atoms with Crippen LogP contribution in [0.25, 0.3) is 0 Å². The minimum absolute atomic E-state index is 0.0145. The van der Waals surface area contributed by atoms with Crippen LogP contribution in [-0.2, 0) is 6.42 Å². The molecule has 1 unspecified atom stereocenters. The molecule has 1 heterocycles. The van der Waals surface area contributed by atoms with Crippen molar-refractivity contribution in [2.75, 3.05) is 13.2 Å². The summed E-state index contributed by atoms with van der Waals surface area (Å²) in [4.78, 5) is 22.7. The van der Waals surface area contributed by atoms with Gasteiger partial charge in [0.1, 0.15) is 5.75 Å². The average molecular weight is 342 g/mol. The number of aliphatic hydroxyl groups excluding tert-OH is 1. The van der Waals surface area contributed by atoms with Crippen LogP contribution in [0.3, 0.4) is 0 Å². The molecule has 2 aromatic rings. The first kappa shape index (κ1) is 16.9. The zero-order chi connectivity index (χ0) is 18.0. The average Bonchev–Trinajstić information content (AvgIpc) is 3.06. The van der Waals surface area contributed by atoms with Crippen LogP contribution in [-0.4, -0.2) is 29.1 Å². The summed E-state index contributed by atoms with van der Waals surface area (Å²) in [5.74, 6) is 0.372. The molecule has 1 atom stereocenters. The highest BCUT2D eigenvalue weighted by Crippen LogP contribution is 2.28. The Hall–Kier alpha value is -2.93. The molecule has 0 aromatic heterocycles. The van der Waals surface area contributed by atoms with Crippen LogP contribution in [0.4, 0.5) is 5.69 Å². The maximum absolute atomic E-state index is 12.3. The summed E-state index contributed by atoms with van der Waals surface area (Å²) in [6, 6.07) is 9.80. The second-order valence-corrected chi connectivity index (χ2v) is 5.90. The van der Waals surface area contributed by atoms with Crippen molar-refractivity contribution in [1.29, 1.82) is 0 Å². The molecule has 0 spiro atoms. The number of nitrogens with zero attached hydrogens (tertiary/aromatic N) is 1. The maximum atomic E-state index is 12.3.